The lowest BCUT2D eigenvalue weighted by Gasteiger charge is -2.17. The second-order valence-corrected chi connectivity index (χ2v) is 5.05. The molecule has 3 rings (SSSR count). The highest BCUT2D eigenvalue weighted by atomic mass is 16.5. The summed E-state index contributed by atoms with van der Waals surface area (Å²) >= 11 is 0. The van der Waals surface area contributed by atoms with Crippen molar-refractivity contribution in [2.24, 2.45) is 5.92 Å². The predicted molar refractivity (Wildman–Crippen MR) is 72.6 cm³/mol. The largest absolute Gasteiger partial charge is 0.371 e. The van der Waals surface area contributed by atoms with Crippen LogP contribution in [0.1, 0.15) is 26.5 Å². The Kier molecular flexibility index (Phi) is 2.78. The molecule has 1 aliphatic rings. The molecule has 1 aliphatic heterocycles. The van der Waals surface area contributed by atoms with E-state index < -0.39 is 0 Å². The van der Waals surface area contributed by atoms with E-state index in [1.165, 1.54) is 0 Å². The Morgan fingerprint density at radius 3 is 2.84 bits per heavy atom. The van der Waals surface area contributed by atoms with Gasteiger partial charge in [-0.05, 0) is 13.3 Å². The van der Waals surface area contributed by atoms with E-state index >= 15 is 0 Å². The van der Waals surface area contributed by atoms with Crippen LogP contribution in [-0.4, -0.2) is 32.7 Å². The fourth-order valence-corrected chi connectivity index (χ4v) is 2.70. The Bertz CT molecular complexity index is 610. The van der Waals surface area contributed by atoms with Gasteiger partial charge in [-0.2, -0.15) is 9.97 Å². The summed E-state index contributed by atoms with van der Waals surface area (Å²) in [7, 11) is 1.79. The summed E-state index contributed by atoms with van der Waals surface area (Å²) in [6.45, 7) is 4.25. The molecule has 0 saturated carbocycles. The van der Waals surface area contributed by atoms with Crippen molar-refractivity contribution in [3.63, 3.8) is 0 Å². The number of nitrogens with two attached hydrogens (primary N) is 1. The summed E-state index contributed by atoms with van der Waals surface area (Å²) in [6.07, 6.45) is 2.99. The molecule has 1 fully saturated rings. The molecule has 0 unspecified atom stereocenters. The highest BCUT2D eigenvalue weighted by Gasteiger charge is 2.32. The Labute approximate surface area is 111 Å². The van der Waals surface area contributed by atoms with Crippen LogP contribution in [0, 0.1) is 5.92 Å². The van der Waals surface area contributed by atoms with Crippen molar-refractivity contribution >= 4 is 22.9 Å². The van der Waals surface area contributed by atoms with Crippen LogP contribution in [-0.2, 0) is 4.74 Å². The quantitative estimate of drug-likeness (QED) is 0.850. The fourth-order valence-electron chi connectivity index (χ4n) is 2.70. The van der Waals surface area contributed by atoms with Crippen molar-refractivity contribution in [3.05, 3.63) is 6.33 Å². The van der Waals surface area contributed by atoms with E-state index in [1.807, 2.05) is 4.57 Å². The number of anilines is 2. The number of aromatic nitrogens is 4. The third-order valence-corrected chi connectivity index (χ3v) is 3.51. The number of fused-ring (bicyclic) bond motifs is 1. The molecule has 0 bridgehead atoms. The summed E-state index contributed by atoms with van der Waals surface area (Å²) in [5, 5.41) is 2.99. The topological polar surface area (TPSA) is 90.9 Å². The van der Waals surface area contributed by atoms with Crippen LogP contribution in [0.5, 0.6) is 0 Å². The molecular formula is C12H18N6O. The molecule has 0 radical (unpaired) electrons. The van der Waals surface area contributed by atoms with Crippen LogP contribution in [0.4, 0.5) is 11.8 Å². The molecule has 0 aromatic carbocycles. The third kappa shape index (κ3) is 1.90. The van der Waals surface area contributed by atoms with Gasteiger partial charge < -0.3 is 15.8 Å². The third-order valence-electron chi connectivity index (χ3n) is 3.51. The number of rotatable bonds is 2. The van der Waals surface area contributed by atoms with Crippen molar-refractivity contribution in [1.29, 1.82) is 0 Å². The zero-order valence-electron chi connectivity index (χ0n) is 11.3. The standard InChI is InChI=1S/C12H18N6O/c1-6-4-7(2)19-11(6)18-5-15-8-9(14-3)16-12(13)17-10(8)18/h5-7,11H,4H2,1-3H3,(H3,13,14,16,17)/t6-,7+,11+/m0/s1. The van der Waals surface area contributed by atoms with Gasteiger partial charge in [0.1, 0.15) is 6.23 Å². The maximum atomic E-state index is 5.94. The molecule has 3 N–H and O–H groups in total. The van der Waals surface area contributed by atoms with E-state index in [1.54, 1.807) is 13.4 Å². The van der Waals surface area contributed by atoms with Crippen molar-refractivity contribution in [2.45, 2.75) is 32.6 Å². The van der Waals surface area contributed by atoms with E-state index in [0.717, 1.165) is 6.42 Å². The Morgan fingerprint density at radius 2 is 2.21 bits per heavy atom. The average molecular weight is 262 g/mol. The van der Waals surface area contributed by atoms with Crippen molar-refractivity contribution < 1.29 is 4.74 Å². The molecule has 2 aromatic heterocycles. The first-order chi connectivity index (χ1) is 9.10. The van der Waals surface area contributed by atoms with E-state index in [-0.39, 0.29) is 18.3 Å². The monoisotopic (exact) mass is 262 g/mol. The number of hydrogen-bond acceptors (Lipinski definition) is 6. The summed E-state index contributed by atoms with van der Waals surface area (Å²) in [4.78, 5) is 12.8. The lowest BCUT2D eigenvalue weighted by Crippen LogP contribution is -2.14. The van der Waals surface area contributed by atoms with Crippen molar-refractivity contribution in [3.8, 4) is 0 Å². The summed E-state index contributed by atoms with van der Waals surface area (Å²) in [5.41, 5.74) is 7.17. The lowest BCUT2D eigenvalue weighted by atomic mass is 10.1. The van der Waals surface area contributed by atoms with Crippen molar-refractivity contribution in [2.75, 3.05) is 18.1 Å². The minimum atomic E-state index is -0.0426. The van der Waals surface area contributed by atoms with Gasteiger partial charge in [0.15, 0.2) is 17.0 Å². The molecule has 102 valence electrons. The van der Waals surface area contributed by atoms with Crippen LogP contribution in [0.2, 0.25) is 0 Å². The minimum absolute atomic E-state index is 0.0426. The molecule has 3 heterocycles. The Morgan fingerprint density at radius 1 is 1.42 bits per heavy atom. The summed E-state index contributed by atoms with van der Waals surface area (Å²) in [5.74, 6) is 1.29. The maximum absolute atomic E-state index is 5.94. The van der Waals surface area contributed by atoms with Crippen LogP contribution in [0.3, 0.4) is 0 Å². The molecule has 1 saturated heterocycles. The first kappa shape index (κ1) is 12.2. The highest BCUT2D eigenvalue weighted by molar-refractivity contribution is 5.84. The lowest BCUT2D eigenvalue weighted by molar-refractivity contribution is -0.0000909. The highest BCUT2D eigenvalue weighted by Crippen LogP contribution is 2.35. The maximum Gasteiger partial charge on any atom is 0.224 e. The zero-order chi connectivity index (χ0) is 13.6. The number of imidazole rings is 1. The molecule has 7 heteroatoms. The molecule has 7 nitrogen and oxygen atoms in total. The molecule has 2 aromatic rings. The molecule has 0 spiro atoms. The average Bonchev–Trinajstić information content (AvgIpc) is 2.91. The van der Waals surface area contributed by atoms with Gasteiger partial charge in [0.25, 0.3) is 0 Å². The van der Waals surface area contributed by atoms with E-state index in [9.17, 15) is 0 Å². The van der Waals surface area contributed by atoms with E-state index in [0.29, 0.717) is 22.9 Å². The van der Waals surface area contributed by atoms with Gasteiger partial charge in [-0.1, -0.05) is 6.92 Å². The normalized spacial score (nSPS) is 27.0. The molecule has 3 atom stereocenters. The number of nitrogen functional groups attached to an aromatic ring is 1. The Balaban J connectivity index is 2.12. The van der Waals surface area contributed by atoms with Gasteiger partial charge in [0.05, 0.1) is 12.4 Å². The first-order valence-electron chi connectivity index (χ1n) is 6.43. The smallest absolute Gasteiger partial charge is 0.224 e. The van der Waals surface area contributed by atoms with E-state index in [4.69, 9.17) is 10.5 Å². The summed E-state index contributed by atoms with van der Waals surface area (Å²) < 4.78 is 7.89. The first-order valence-corrected chi connectivity index (χ1v) is 6.43. The van der Waals surface area contributed by atoms with Gasteiger partial charge in [-0.3, -0.25) is 4.57 Å². The van der Waals surface area contributed by atoms with Crippen LogP contribution in [0.25, 0.3) is 11.2 Å². The minimum Gasteiger partial charge on any atom is -0.371 e. The number of nitrogens with one attached hydrogen (secondary N) is 1. The molecule has 0 aliphatic carbocycles. The number of hydrogen-bond donors (Lipinski definition) is 2. The molecular weight excluding hydrogens is 244 g/mol. The SMILES string of the molecule is CNc1nc(N)nc2c1ncn2[C@@H]1O[C@H](C)C[C@@H]1C. The number of ether oxygens (including phenoxy) is 1. The predicted octanol–water partition coefficient (Wildman–Crippen LogP) is 1.39. The van der Waals surface area contributed by atoms with Crippen LogP contribution < -0.4 is 11.1 Å². The second kappa shape index (κ2) is 4.34. The van der Waals surface area contributed by atoms with Gasteiger partial charge in [0, 0.05) is 13.0 Å². The van der Waals surface area contributed by atoms with E-state index in [2.05, 4.69) is 34.1 Å². The summed E-state index contributed by atoms with van der Waals surface area (Å²) in [6, 6.07) is 0. The van der Waals surface area contributed by atoms with Crippen LogP contribution >= 0.6 is 0 Å². The van der Waals surface area contributed by atoms with Crippen LogP contribution in [0.15, 0.2) is 6.33 Å². The molecule has 0 amide bonds. The van der Waals surface area contributed by atoms with Gasteiger partial charge in [0.2, 0.25) is 5.95 Å². The number of nitrogens with zero attached hydrogens (tertiary/aromatic N) is 4. The van der Waals surface area contributed by atoms with Gasteiger partial charge in [-0.25, -0.2) is 4.98 Å². The Hall–Kier alpha value is -1.89. The van der Waals surface area contributed by atoms with Gasteiger partial charge >= 0.3 is 0 Å². The zero-order valence-corrected chi connectivity index (χ0v) is 11.3. The molecule has 19 heavy (non-hydrogen) atoms. The fraction of sp³-hybridized carbons (Fsp3) is 0.583. The second-order valence-electron chi connectivity index (χ2n) is 5.05. The van der Waals surface area contributed by atoms with Gasteiger partial charge in [-0.15, -0.1) is 0 Å². The van der Waals surface area contributed by atoms with Crippen molar-refractivity contribution in [1.82, 2.24) is 19.5 Å².